The molecule has 0 amide bonds. The summed E-state index contributed by atoms with van der Waals surface area (Å²) in [6, 6.07) is 1.61. The number of hydrogen-bond donors (Lipinski definition) is 2. The molecule has 6 heteroatoms. The highest BCUT2D eigenvalue weighted by molar-refractivity contribution is 7.89. The van der Waals surface area contributed by atoms with Gasteiger partial charge in [-0.25, -0.2) is 13.1 Å². The zero-order valence-corrected chi connectivity index (χ0v) is 12.2. The van der Waals surface area contributed by atoms with Crippen LogP contribution in [0.5, 0.6) is 0 Å². The molecule has 0 aromatic carbocycles. The highest BCUT2D eigenvalue weighted by atomic mass is 32.2. The molecular weight excluding hydrogens is 252 g/mol. The lowest BCUT2D eigenvalue weighted by Crippen LogP contribution is -2.30. The Kier molecular flexibility index (Phi) is 5.37. The van der Waals surface area contributed by atoms with Crippen LogP contribution < -0.4 is 10.0 Å². The second kappa shape index (κ2) is 6.36. The maximum atomic E-state index is 11.8. The molecule has 5 nitrogen and oxygen atoms in total. The van der Waals surface area contributed by atoms with Gasteiger partial charge < -0.3 is 9.73 Å². The van der Waals surface area contributed by atoms with Crippen molar-refractivity contribution in [3.8, 4) is 0 Å². The number of hydrogen-bond acceptors (Lipinski definition) is 4. The van der Waals surface area contributed by atoms with E-state index in [4.69, 9.17) is 4.42 Å². The summed E-state index contributed by atoms with van der Waals surface area (Å²) < 4.78 is 31.7. The van der Waals surface area contributed by atoms with Crippen molar-refractivity contribution >= 4 is 10.0 Å². The number of rotatable bonds is 7. The average molecular weight is 274 g/mol. The minimum absolute atomic E-state index is 0.133. The molecule has 0 saturated carbocycles. The smallest absolute Gasteiger partial charge is 0.212 e. The van der Waals surface area contributed by atoms with Crippen LogP contribution in [0.2, 0.25) is 0 Å². The van der Waals surface area contributed by atoms with E-state index >= 15 is 0 Å². The van der Waals surface area contributed by atoms with Crippen LogP contribution in [0, 0.1) is 13.8 Å². The largest absolute Gasteiger partial charge is 0.466 e. The minimum Gasteiger partial charge on any atom is -0.466 e. The lowest BCUT2D eigenvalue weighted by Gasteiger charge is -2.13. The SMILES string of the molecule is CNCCCS(=O)(=O)NC(C)c1cc(C)oc1C. The molecule has 1 aromatic heterocycles. The topological polar surface area (TPSA) is 71.3 Å². The minimum atomic E-state index is -3.24. The first-order chi connectivity index (χ1) is 8.35. The molecule has 0 aliphatic carbocycles. The molecule has 0 fully saturated rings. The van der Waals surface area contributed by atoms with Gasteiger partial charge >= 0.3 is 0 Å². The van der Waals surface area contributed by atoms with Crippen LogP contribution in [0.15, 0.2) is 10.5 Å². The van der Waals surface area contributed by atoms with E-state index in [-0.39, 0.29) is 11.8 Å². The van der Waals surface area contributed by atoms with Gasteiger partial charge in [-0.1, -0.05) is 0 Å². The Morgan fingerprint density at radius 2 is 2.06 bits per heavy atom. The van der Waals surface area contributed by atoms with Crippen LogP contribution in [-0.4, -0.2) is 27.8 Å². The Hall–Kier alpha value is -0.850. The first kappa shape index (κ1) is 15.2. The average Bonchev–Trinajstić information content (AvgIpc) is 2.57. The molecule has 0 bridgehead atoms. The molecule has 0 spiro atoms. The normalized spacial score (nSPS) is 13.8. The molecule has 0 radical (unpaired) electrons. The van der Waals surface area contributed by atoms with Crippen molar-refractivity contribution in [3.05, 3.63) is 23.2 Å². The highest BCUT2D eigenvalue weighted by Gasteiger charge is 2.18. The maximum Gasteiger partial charge on any atom is 0.212 e. The van der Waals surface area contributed by atoms with Gasteiger partial charge in [0.25, 0.3) is 0 Å². The maximum absolute atomic E-state index is 11.8. The van der Waals surface area contributed by atoms with Crippen LogP contribution in [0.1, 0.15) is 36.5 Å². The standard InChI is InChI=1S/C12H22N2O3S/c1-9-8-12(11(3)17-9)10(2)14-18(15,16)7-5-6-13-4/h8,10,13-14H,5-7H2,1-4H3. The molecule has 0 aliphatic rings. The van der Waals surface area contributed by atoms with Crippen LogP contribution in [0.4, 0.5) is 0 Å². The van der Waals surface area contributed by atoms with E-state index in [0.29, 0.717) is 13.0 Å². The van der Waals surface area contributed by atoms with Crippen molar-refractivity contribution in [2.24, 2.45) is 0 Å². The molecule has 1 atom stereocenters. The molecule has 1 heterocycles. The van der Waals surface area contributed by atoms with Crippen molar-refractivity contribution < 1.29 is 12.8 Å². The Balaban J connectivity index is 2.64. The van der Waals surface area contributed by atoms with Gasteiger partial charge in [-0.05, 0) is 46.9 Å². The van der Waals surface area contributed by atoms with Gasteiger partial charge in [-0.3, -0.25) is 0 Å². The van der Waals surface area contributed by atoms with Crippen LogP contribution in [0.3, 0.4) is 0 Å². The van der Waals surface area contributed by atoms with Crippen molar-refractivity contribution in [1.29, 1.82) is 0 Å². The summed E-state index contributed by atoms with van der Waals surface area (Å²) in [7, 11) is -1.43. The summed E-state index contributed by atoms with van der Waals surface area (Å²) in [5, 5.41) is 2.93. The second-order valence-electron chi connectivity index (χ2n) is 4.48. The first-order valence-electron chi connectivity index (χ1n) is 6.07. The van der Waals surface area contributed by atoms with E-state index in [1.165, 1.54) is 0 Å². The molecule has 104 valence electrons. The Morgan fingerprint density at radius 1 is 1.39 bits per heavy atom. The fraction of sp³-hybridized carbons (Fsp3) is 0.667. The van der Waals surface area contributed by atoms with Crippen LogP contribution in [0.25, 0.3) is 0 Å². The van der Waals surface area contributed by atoms with Gasteiger partial charge in [0.05, 0.1) is 5.75 Å². The van der Waals surface area contributed by atoms with Gasteiger partial charge in [-0.2, -0.15) is 0 Å². The number of sulfonamides is 1. The summed E-state index contributed by atoms with van der Waals surface area (Å²) in [5.41, 5.74) is 0.893. The van der Waals surface area contributed by atoms with E-state index in [1.54, 1.807) is 7.05 Å². The van der Waals surface area contributed by atoms with E-state index in [9.17, 15) is 8.42 Å². The molecule has 2 N–H and O–H groups in total. The van der Waals surface area contributed by atoms with Gasteiger partial charge in [0.2, 0.25) is 10.0 Å². The van der Waals surface area contributed by atoms with E-state index in [2.05, 4.69) is 10.0 Å². The fourth-order valence-corrected chi connectivity index (χ4v) is 3.22. The summed E-state index contributed by atoms with van der Waals surface area (Å²) in [6.45, 7) is 6.21. The molecule has 1 rings (SSSR count). The Labute approximate surface area is 109 Å². The molecule has 0 saturated heterocycles. The quantitative estimate of drug-likeness (QED) is 0.739. The molecule has 1 unspecified atom stereocenters. The third kappa shape index (κ3) is 4.44. The van der Waals surface area contributed by atoms with Crippen LogP contribution in [-0.2, 0) is 10.0 Å². The summed E-state index contributed by atoms with van der Waals surface area (Å²) in [6.07, 6.45) is 0.599. The van der Waals surface area contributed by atoms with Crippen LogP contribution >= 0.6 is 0 Å². The predicted molar refractivity (Wildman–Crippen MR) is 72.1 cm³/mol. The Bertz CT molecular complexity index is 480. The van der Waals surface area contributed by atoms with Gasteiger partial charge in [0, 0.05) is 11.6 Å². The Morgan fingerprint density at radius 3 is 2.56 bits per heavy atom. The lowest BCUT2D eigenvalue weighted by molar-refractivity contribution is 0.496. The monoisotopic (exact) mass is 274 g/mol. The fourth-order valence-electron chi connectivity index (χ4n) is 1.91. The van der Waals surface area contributed by atoms with Gasteiger partial charge in [0.1, 0.15) is 11.5 Å². The number of furan rings is 1. The van der Waals surface area contributed by atoms with E-state index in [0.717, 1.165) is 17.1 Å². The van der Waals surface area contributed by atoms with E-state index in [1.807, 2.05) is 26.8 Å². The lowest BCUT2D eigenvalue weighted by atomic mass is 10.1. The molecule has 0 aliphatic heterocycles. The summed E-state index contributed by atoms with van der Waals surface area (Å²) in [5.74, 6) is 1.69. The number of aryl methyl sites for hydroxylation is 2. The zero-order valence-electron chi connectivity index (χ0n) is 11.4. The third-order valence-corrected chi connectivity index (χ3v) is 4.28. The van der Waals surface area contributed by atoms with E-state index < -0.39 is 10.0 Å². The van der Waals surface area contributed by atoms with Gasteiger partial charge in [-0.15, -0.1) is 0 Å². The third-order valence-electron chi connectivity index (χ3n) is 2.74. The second-order valence-corrected chi connectivity index (χ2v) is 6.36. The summed E-state index contributed by atoms with van der Waals surface area (Å²) in [4.78, 5) is 0. The molecule has 1 aromatic rings. The number of nitrogens with one attached hydrogen (secondary N) is 2. The van der Waals surface area contributed by atoms with Gasteiger partial charge in [0.15, 0.2) is 0 Å². The highest BCUT2D eigenvalue weighted by Crippen LogP contribution is 2.21. The first-order valence-corrected chi connectivity index (χ1v) is 7.72. The zero-order chi connectivity index (χ0) is 13.8. The van der Waals surface area contributed by atoms with Crippen molar-refractivity contribution in [3.63, 3.8) is 0 Å². The predicted octanol–water partition coefficient (Wildman–Crippen LogP) is 1.49. The molecular formula is C12H22N2O3S. The van der Waals surface area contributed by atoms with Crippen molar-refractivity contribution in [1.82, 2.24) is 10.0 Å². The molecule has 18 heavy (non-hydrogen) atoms. The summed E-state index contributed by atoms with van der Waals surface area (Å²) >= 11 is 0. The van der Waals surface area contributed by atoms with Crippen molar-refractivity contribution in [2.45, 2.75) is 33.2 Å². The van der Waals surface area contributed by atoms with Crippen molar-refractivity contribution in [2.75, 3.05) is 19.3 Å².